The van der Waals surface area contributed by atoms with E-state index in [-0.39, 0.29) is 0 Å². The first-order valence-electron chi connectivity index (χ1n) is 6.06. The molecule has 0 bridgehead atoms. The zero-order valence-electron chi connectivity index (χ0n) is 10.5. The fourth-order valence-corrected chi connectivity index (χ4v) is 2.70. The van der Waals surface area contributed by atoms with Crippen molar-refractivity contribution in [3.05, 3.63) is 59.3 Å². The van der Waals surface area contributed by atoms with Crippen molar-refractivity contribution < 1.29 is 0 Å². The minimum absolute atomic E-state index is 0.294. The molecular weight excluding hydrogens is 256 g/mol. The highest BCUT2D eigenvalue weighted by molar-refractivity contribution is 7.07. The average Bonchev–Trinajstić information content (AvgIpc) is 3.13. The van der Waals surface area contributed by atoms with E-state index in [1.807, 2.05) is 16.7 Å². The number of benzene rings is 1. The van der Waals surface area contributed by atoms with E-state index >= 15 is 0 Å². The first-order valence-corrected chi connectivity index (χ1v) is 7.01. The Morgan fingerprint density at radius 1 is 1.21 bits per heavy atom. The highest BCUT2D eigenvalue weighted by atomic mass is 32.1. The quantitative estimate of drug-likeness (QED) is 0.789. The molecule has 0 spiro atoms. The predicted octanol–water partition coefficient (Wildman–Crippen LogP) is 3.50. The van der Waals surface area contributed by atoms with E-state index in [2.05, 4.69) is 51.4 Å². The first kappa shape index (κ1) is 11.9. The maximum Gasteiger partial charge on any atom is 0.123 e. The van der Waals surface area contributed by atoms with Crippen molar-refractivity contribution in [2.45, 2.75) is 13.0 Å². The van der Waals surface area contributed by atoms with E-state index in [9.17, 15) is 0 Å². The van der Waals surface area contributed by atoms with Crippen LogP contribution in [-0.4, -0.2) is 14.8 Å². The molecule has 1 atom stereocenters. The minimum atomic E-state index is 0.294. The molecule has 3 aromatic rings. The molecule has 19 heavy (non-hydrogen) atoms. The van der Waals surface area contributed by atoms with Gasteiger partial charge in [0, 0.05) is 11.7 Å². The molecule has 0 aliphatic carbocycles. The maximum absolute atomic E-state index is 3.82. The SMILES string of the molecule is CC(Nc1cccc(-n2cnnc2)c1)c1ccsc1. The molecule has 0 amide bonds. The molecule has 5 heteroatoms. The van der Waals surface area contributed by atoms with Gasteiger partial charge in [0.25, 0.3) is 0 Å². The van der Waals surface area contributed by atoms with Gasteiger partial charge in [0.2, 0.25) is 0 Å². The van der Waals surface area contributed by atoms with Crippen LogP contribution in [0.25, 0.3) is 5.69 Å². The largest absolute Gasteiger partial charge is 0.378 e. The van der Waals surface area contributed by atoms with Crippen LogP contribution in [-0.2, 0) is 0 Å². The van der Waals surface area contributed by atoms with E-state index in [0.717, 1.165) is 11.4 Å². The Kier molecular flexibility index (Phi) is 3.29. The molecule has 96 valence electrons. The zero-order chi connectivity index (χ0) is 13.1. The molecule has 0 radical (unpaired) electrons. The third-order valence-corrected chi connectivity index (χ3v) is 3.69. The second-order valence-electron chi connectivity index (χ2n) is 4.34. The van der Waals surface area contributed by atoms with Crippen LogP contribution in [0.4, 0.5) is 5.69 Å². The molecule has 3 rings (SSSR count). The minimum Gasteiger partial charge on any atom is -0.378 e. The number of thiophene rings is 1. The number of nitrogens with one attached hydrogen (secondary N) is 1. The Balaban J connectivity index is 1.80. The van der Waals surface area contributed by atoms with Gasteiger partial charge in [-0.05, 0) is 47.5 Å². The number of rotatable bonds is 4. The summed E-state index contributed by atoms with van der Waals surface area (Å²) in [4.78, 5) is 0. The van der Waals surface area contributed by atoms with Crippen LogP contribution in [0.2, 0.25) is 0 Å². The normalized spacial score (nSPS) is 12.3. The second kappa shape index (κ2) is 5.24. The summed E-state index contributed by atoms with van der Waals surface area (Å²) in [5, 5.41) is 15.4. The van der Waals surface area contributed by atoms with Crippen molar-refractivity contribution in [1.29, 1.82) is 0 Å². The van der Waals surface area contributed by atoms with Crippen LogP contribution < -0.4 is 5.32 Å². The average molecular weight is 270 g/mol. The number of hydrogen-bond acceptors (Lipinski definition) is 4. The highest BCUT2D eigenvalue weighted by Crippen LogP contribution is 2.22. The summed E-state index contributed by atoms with van der Waals surface area (Å²) < 4.78 is 1.89. The number of anilines is 1. The Labute approximate surface area is 115 Å². The molecule has 0 saturated heterocycles. The van der Waals surface area contributed by atoms with Crippen LogP contribution in [0, 0.1) is 0 Å². The summed E-state index contributed by atoms with van der Waals surface area (Å²) in [6, 6.07) is 10.7. The second-order valence-corrected chi connectivity index (χ2v) is 5.12. The van der Waals surface area contributed by atoms with E-state index < -0.39 is 0 Å². The molecule has 2 aromatic heterocycles. The standard InChI is InChI=1S/C14H14N4S/c1-11(12-5-6-19-8-12)17-13-3-2-4-14(7-13)18-9-15-16-10-18/h2-11,17H,1H3. The van der Waals surface area contributed by atoms with Crippen LogP contribution in [0.1, 0.15) is 18.5 Å². The summed E-state index contributed by atoms with van der Waals surface area (Å²) in [7, 11) is 0. The van der Waals surface area contributed by atoms with E-state index in [1.165, 1.54) is 5.56 Å². The van der Waals surface area contributed by atoms with Crippen molar-refractivity contribution >= 4 is 17.0 Å². The molecule has 0 aliphatic rings. The topological polar surface area (TPSA) is 42.7 Å². The first-order chi connectivity index (χ1) is 9.33. The lowest BCUT2D eigenvalue weighted by Crippen LogP contribution is -2.05. The van der Waals surface area contributed by atoms with Crippen molar-refractivity contribution in [2.24, 2.45) is 0 Å². The Hall–Kier alpha value is -2.14. The van der Waals surface area contributed by atoms with Gasteiger partial charge in [-0.25, -0.2) is 0 Å². The van der Waals surface area contributed by atoms with E-state index in [1.54, 1.807) is 24.0 Å². The van der Waals surface area contributed by atoms with Gasteiger partial charge in [0.05, 0.1) is 5.69 Å². The molecule has 1 N–H and O–H groups in total. The molecule has 0 fully saturated rings. The van der Waals surface area contributed by atoms with Crippen molar-refractivity contribution in [1.82, 2.24) is 14.8 Å². The third kappa shape index (κ3) is 2.66. The van der Waals surface area contributed by atoms with Crippen LogP contribution >= 0.6 is 11.3 Å². The summed E-state index contributed by atoms with van der Waals surface area (Å²) in [6.45, 7) is 2.16. The zero-order valence-corrected chi connectivity index (χ0v) is 11.3. The van der Waals surface area contributed by atoms with E-state index in [0.29, 0.717) is 6.04 Å². The molecule has 0 saturated carbocycles. The fourth-order valence-electron chi connectivity index (χ4n) is 1.95. The van der Waals surface area contributed by atoms with Crippen LogP contribution in [0.5, 0.6) is 0 Å². The fraction of sp³-hybridized carbons (Fsp3) is 0.143. The summed E-state index contributed by atoms with van der Waals surface area (Å²) >= 11 is 1.72. The van der Waals surface area contributed by atoms with Gasteiger partial charge in [-0.15, -0.1) is 10.2 Å². The van der Waals surface area contributed by atoms with Gasteiger partial charge in [0.15, 0.2) is 0 Å². The Morgan fingerprint density at radius 3 is 2.79 bits per heavy atom. The van der Waals surface area contributed by atoms with Gasteiger partial charge in [-0.3, -0.25) is 4.57 Å². The summed E-state index contributed by atoms with van der Waals surface area (Å²) in [6.07, 6.45) is 3.39. The molecular formula is C14H14N4S. The smallest absolute Gasteiger partial charge is 0.123 e. The summed E-state index contributed by atoms with van der Waals surface area (Å²) in [5.74, 6) is 0. The number of hydrogen-bond donors (Lipinski definition) is 1. The Morgan fingerprint density at radius 2 is 2.05 bits per heavy atom. The van der Waals surface area contributed by atoms with Gasteiger partial charge >= 0.3 is 0 Å². The van der Waals surface area contributed by atoms with Crippen LogP contribution in [0.3, 0.4) is 0 Å². The van der Waals surface area contributed by atoms with Gasteiger partial charge in [-0.2, -0.15) is 11.3 Å². The van der Waals surface area contributed by atoms with Crippen LogP contribution in [0.15, 0.2) is 53.7 Å². The monoisotopic (exact) mass is 270 g/mol. The molecule has 1 unspecified atom stereocenters. The van der Waals surface area contributed by atoms with Crippen molar-refractivity contribution in [2.75, 3.05) is 5.32 Å². The molecule has 1 aromatic carbocycles. The predicted molar refractivity (Wildman–Crippen MR) is 77.7 cm³/mol. The molecule has 2 heterocycles. The molecule has 0 aliphatic heterocycles. The lowest BCUT2D eigenvalue weighted by Gasteiger charge is -2.15. The number of nitrogens with zero attached hydrogens (tertiary/aromatic N) is 3. The maximum atomic E-state index is 3.82. The van der Waals surface area contributed by atoms with E-state index in [4.69, 9.17) is 0 Å². The van der Waals surface area contributed by atoms with Gasteiger partial charge in [0.1, 0.15) is 12.7 Å². The molecule has 4 nitrogen and oxygen atoms in total. The summed E-state index contributed by atoms with van der Waals surface area (Å²) in [5.41, 5.74) is 3.44. The lowest BCUT2D eigenvalue weighted by molar-refractivity contribution is 0.889. The van der Waals surface area contributed by atoms with Crippen molar-refractivity contribution in [3.8, 4) is 5.69 Å². The van der Waals surface area contributed by atoms with Crippen molar-refractivity contribution in [3.63, 3.8) is 0 Å². The third-order valence-electron chi connectivity index (χ3n) is 2.99. The number of aromatic nitrogens is 3. The van der Waals surface area contributed by atoms with Gasteiger partial charge in [-0.1, -0.05) is 6.07 Å². The highest BCUT2D eigenvalue weighted by Gasteiger charge is 2.06. The Bertz CT molecular complexity index is 631. The lowest BCUT2D eigenvalue weighted by atomic mass is 10.1. The van der Waals surface area contributed by atoms with Gasteiger partial charge < -0.3 is 5.32 Å².